The van der Waals surface area contributed by atoms with E-state index in [9.17, 15) is 18.0 Å². The summed E-state index contributed by atoms with van der Waals surface area (Å²) in [6.45, 7) is 5.65. The highest BCUT2D eigenvalue weighted by atomic mass is 32.2. The number of sulfonamides is 1. The number of carbonyl (C=O) groups is 2. The highest BCUT2D eigenvalue weighted by Crippen LogP contribution is 2.17. The monoisotopic (exact) mass is 537 g/mol. The summed E-state index contributed by atoms with van der Waals surface area (Å²) in [5.41, 5.74) is 4.35. The van der Waals surface area contributed by atoms with Crippen molar-refractivity contribution in [2.24, 2.45) is 11.0 Å². The maximum Gasteiger partial charge on any atom is 0.343 e. The Hall–Kier alpha value is -4.02. The molecule has 38 heavy (non-hydrogen) atoms. The Labute approximate surface area is 222 Å². The summed E-state index contributed by atoms with van der Waals surface area (Å²) < 4.78 is 38.5. The van der Waals surface area contributed by atoms with E-state index in [0.717, 1.165) is 5.56 Å². The van der Waals surface area contributed by atoms with Crippen molar-refractivity contribution in [1.29, 1.82) is 0 Å². The lowest BCUT2D eigenvalue weighted by Crippen LogP contribution is -2.46. The van der Waals surface area contributed by atoms with Crippen LogP contribution in [0.25, 0.3) is 0 Å². The molecule has 10 heteroatoms. The van der Waals surface area contributed by atoms with Gasteiger partial charge in [0.05, 0.1) is 23.8 Å². The average molecular weight is 538 g/mol. The van der Waals surface area contributed by atoms with Gasteiger partial charge in [-0.1, -0.05) is 31.5 Å². The van der Waals surface area contributed by atoms with Crippen LogP contribution < -0.4 is 19.6 Å². The number of ether oxygens (including phenoxy) is 2. The van der Waals surface area contributed by atoms with Gasteiger partial charge in [0.1, 0.15) is 17.5 Å². The molecule has 3 rings (SSSR count). The molecule has 0 spiro atoms. The number of rotatable bonds is 11. The number of esters is 1. The molecule has 0 unspecified atom stereocenters. The van der Waals surface area contributed by atoms with Gasteiger partial charge in [-0.2, -0.15) is 9.82 Å². The smallest absolute Gasteiger partial charge is 0.343 e. The van der Waals surface area contributed by atoms with Crippen molar-refractivity contribution in [3.63, 3.8) is 0 Å². The lowest BCUT2D eigenvalue weighted by atomic mass is 10.0. The number of nitrogens with zero attached hydrogens (tertiary/aromatic N) is 1. The third kappa shape index (κ3) is 8.25. The molecule has 0 saturated carbocycles. The number of nitrogens with one attached hydrogen (secondary N) is 2. The molecule has 0 aliphatic heterocycles. The molecular formula is C28H31N3O6S. The van der Waals surface area contributed by atoms with Crippen molar-refractivity contribution >= 4 is 28.1 Å². The zero-order chi connectivity index (χ0) is 27.7. The summed E-state index contributed by atoms with van der Waals surface area (Å²) in [4.78, 5) is 25.2. The van der Waals surface area contributed by atoms with Gasteiger partial charge in [-0.05, 0) is 85.5 Å². The number of hydrazone groups is 1. The lowest BCUT2D eigenvalue weighted by molar-refractivity contribution is -0.123. The van der Waals surface area contributed by atoms with Crippen molar-refractivity contribution < 1.29 is 27.5 Å². The molecule has 0 saturated heterocycles. The van der Waals surface area contributed by atoms with Crippen LogP contribution in [0.2, 0.25) is 0 Å². The molecule has 1 atom stereocenters. The van der Waals surface area contributed by atoms with Crippen LogP contribution in [0.1, 0.15) is 41.8 Å². The molecule has 0 radical (unpaired) electrons. The van der Waals surface area contributed by atoms with Crippen LogP contribution in [0.4, 0.5) is 0 Å². The quantitative estimate of drug-likeness (QED) is 0.165. The van der Waals surface area contributed by atoms with Crippen molar-refractivity contribution in [2.45, 2.75) is 38.1 Å². The molecule has 1 amide bonds. The number of hydrogen-bond donors (Lipinski definition) is 2. The standard InChI is InChI=1S/C28H31N3O6S/c1-19(2)17-26(31-38(34,35)25-15-5-20(3)6-16-25)27(32)30-29-18-21-7-11-24(12-8-21)37-28(33)22-9-13-23(36-4)14-10-22/h5-16,18-19,26,31H,17H2,1-4H3,(H,30,32)/b29-18-/t26-/m1/s1. The molecule has 3 aromatic carbocycles. The van der Waals surface area contributed by atoms with Crippen LogP contribution in [0.15, 0.2) is 82.8 Å². The van der Waals surface area contributed by atoms with Crippen LogP contribution >= 0.6 is 0 Å². The van der Waals surface area contributed by atoms with Crippen LogP contribution in [-0.4, -0.2) is 39.7 Å². The average Bonchev–Trinajstić information content (AvgIpc) is 2.89. The van der Waals surface area contributed by atoms with Gasteiger partial charge in [-0.25, -0.2) is 18.6 Å². The normalized spacial score (nSPS) is 12.3. The van der Waals surface area contributed by atoms with E-state index in [1.54, 1.807) is 67.8 Å². The number of carbonyl (C=O) groups excluding carboxylic acids is 2. The highest BCUT2D eigenvalue weighted by Gasteiger charge is 2.26. The largest absolute Gasteiger partial charge is 0.497 e. The van der Waals surface area contributed by atoms with Gasteiger partial charge in [-0.3, -0.25) is 4.79 Å². The predicted octanol–water partition coefficient (Wildman–Crippen LogP) is 4.07. The van der Waals surface area contributed by atoms with Gasteiger partial charge in [0.25, 0.3) is 5.91 Å². The maximum atomic E-state index is 12.8. The van der Waals surface area contributed by atoms with E-state index in [1.165, 1.54) is 18.3 Å². The van der Waals surface area contributed by atoms with E-state index >= 15 is 0 Å². The first-order valence-corrected chi connectivity index (χ1v) is 13.4. The zero-order valence-electron chi connectivity index (χ0n) is 21.7. The molecule has 2 N–H and O–H groups in total. The first-order chi connectivity index (χ1) is 18.1. The fraction of sp³-hybridized carbons (Fsp3) is 0.250. The maximum absolute atomic E-state index is 12.8. The van der Waals surface area contributed by atoms with Crippen LogP contribution in [-0.2, 0) is 14.8 Å². The number of methoxy groups -OCH3 is 1. The van der Waals surface area contributed by atoms with Gasteiger partial charge in [0.15, 0.2) is 0 Å². The topological polar surface area (TPSA) is 123 Å². The third-order valence-electron chi connectivity index (χ3n) is 5.46. The Morgan fingerprint density at radius 2 is 1.53 bits per heavy atom. The summed E-state index contributed by atoms with van der Waals surface area (Å²) in [7, 11) is -2.35. The number of benzene rings is 3. The van der Waals surface area contributed by atoms with E-state index in [0.29, 0.717) is 29.0 Å². The number of aryl methyl sites for hydroxylation is 1. The van der Waals surface area contributed by atoms with Crippen molar-refractivity contribution in [2.75, 3.05) is 7.11 Å². The molecule has 0 heterocycles. The molecule has 0 aliphatic carbocycles. The molecule has 3 aromatic rings. The van der Waals surface area contributed by atoms with E-state index in [2.05, 4.69) is 15.2 Å². The summed E-state index contributed by atoms with van der Waals surface area (Å²) >= 11 is 0. The summed E-state index contributed by atoms with van der Waals surface area (Å²) in [6.07, 6.45) is 1.70. The molecule has 9 nitrogen and oxygen atoms in total. The second-order valence-electron chi connectivity index (χ2n) is 9.04. The van der Waals surface area contributed by atoms with E-state index in [1.807, 2.05) is 20.8 Å². The zero-order valence-corrected chi connectivity index (χ0v) is 22.5. The van der Waals surface area contributed by atoms with Gasteiger partial charge < -0.3 is 9.47 Å². The molecular weight excluding hydrogens is 506 g/mol. The first kappa shape index (κ1) is 28.5. The van der Waals surface area contributed by atoms with E-state index in [4.69, 9.17) is 9.47 Å². The van der Waals surface area contributed by atoms with E-state index < -0.39 is 27.9 Å². The lowest BCUT2D eigenvalue weighted by Gasteiger charge is -2.19. The molecule has 0 aromatic heterocycles. The van der Waals surface area contributed by atoms with Crippen LogP contribution in [0, 0.1) is 12.8 Å². The van der Waals surface area contributed by atoms with Crippen LogP contribution in [0.3, 0.4) is 0 Å². The first-order valence-electron chi connectivity index (χ1n) is 12.0. The molecule has 0 fully saturated rings. The summed E-state index contributed by atoms with van der Waals surface area (Å²) in [5.74, 6) is -0.0455. The Morgan fingerprint density at radius 3 is 2.11 bits per heavy atom. The minimum atomic E-state index is -3.89. The van der Waals surface area contributed by atoms with Crippen LogP contribution in [0.5, 0.6) is 11.5 Å². The predicted molar refractivity (Wildman–Crippen MR) is 145 cm³/mol. The fourth-order valence-electron chi connectivity index (χ4n) is 3.42. The summed E-state index contributed by atoms with van der Waals surface area (Å²) in [5, 5.41) is 3.96. The van der Waals surface area contributed by atoms with Gasteiger partial charge in [-0.15, -0.1) is 0 Å². The molecule has 0 bridgehead atoms. The molecule has 0 aliphatic rings. The van der Waals surface area contributed by atoms with Crippen molar-refractivity contribution in [3.05, 3.63) is 89.5 Å². The minimum absolute atomic E-state index is 0.0589. The van der Waals surface area contributed by atoms with E-state index in [-0.39, 0.29) is 10.8 Å². The fourth-order valence-corrected chi connectivity index (χ4v) is 4.62. The Kier molecular flexibility index (Phi) is 9.75. The summed E-state index contributed by atoms with van der Waals surface area (Å²) in [6, 6.07) is 18.5. The SMILES string of the molecule is COc1ccc(C(=O)Oc2ccc(/C=N\NC(=O)[C@@H](CC(C)C)NS(=O)(=O)c3ccc(C)cc3)cc2)cc1. The van der Waals surface area contributed by atoms with Gasteiger partial charge in [0.2, 0.25) is 10.0 Å². The Balaban J connectivity index is 1.59. The second-order valence-corrected chi connectivity index (χ2v) is 10.8. The van der Waals surface area contributed by atoms with Gasteiger partial charge in [0, 0.05) is 0 Å². The number of amides is 1. The Bertz CT molecular complexity index is 1370. The van der Waals surface area contributed by atoms with Gasteiger partial charge >= 0.3 is 5.97 Å². The molecule has 200 valence electrons. The third-order valence-corrected chi connectivity index (χ3v) is 6.94. The highest BCUT2D eigenvalue weighted by molar-refractivity contribution is 7.89. The van der Waals surface area contributed by atoms with Crippen molar-refractivity contribution in [1.82, 2.24) is 10.1 Å². The Morgan fingerprint density at radius 1 is 0.921 bits per heavy atom. The minimum Gasteiger partial charge on any atom is -0.497 e. The second kappa shape index (κ2) is 13.0. The number of hydrogen-bond acceptors (Lipinski definition) is 7. The van der Waals surface area contributed by atoms with Crippen molar-refractivity contribution in [3.8, 4) is 11.5 Å².